The minimum absolute atomic E-state index is 0.119. The SMILES string of the molecule is NC1CC(NCc2ncon2)c2ccccc21. The van der Waals surface area contributed by atoms with Gasteiger partial charge in [-0.05, 0) is 17.5 Å². The van der Waals surface area contributed by atoms with Crippen LogP contribution in [0.2, 0.25) is 0 Å². The van der Waals surface area contributed by atoms with E-state index in [0.717, 1.165) is 6.42 Å². The highest BCUT2D eigenvalue weighted by atomic mass is 16.5. The number of aromatic nitrogens is 2. The number of benzene rings is 1. The van der Waals surface area contributed by atoms with Crippen LogP contribution in [0, 0.1) is 0 Å². The third kappa shape index (κ3) is 1.94. The molecule has 2 atom stereocenters. The predicted molar refractivity (Wildman–Crippen MR) is 61.9 cm³/mol. The lowest BCUT2D eigenvalue weighted by Crippen LogP contribution is -2.20. The summed E-state index contributed by atoms with van der Waals surface area (Å²) in [5, 5.41) is 7.18. The van der Waals surface area contributed by atoms with Gasteiger partial charge in [-0.3, -0.25) is 0 Å². The number of fused-ring (bicyclic) bond motifs is 1. The Labute approximate surface area is 99.0 Å². The molecule has 2 unspecified atom stereocenters. The van der Waals surface area contributed by atoms with Crippen LogP contribution in [0.4, 0.5) is 0 Å². The van der Waals surface area contributed by atoms with E-state index >= 15 is 0 Å². The number of hydrogen-bond donors (Lipinski definition) is 2. The standard InChI is InChI=1S/C12H14N4O/c13-10-5-11(9-4-2-1-3-8(9)10)14-6-12-15-7-17-16-12/h1-4,7,10-11,14H,5-6,13H2. The molecule has 1 aliphatic carbocycles. The van der Waals surface area contributed by atoms with Gasteiger partial charge in [0.05, 0.1) is 6.54 Å². The lowest BCUT2D eigenvalue weighted by Gasteiger charge is -2.12. The summed E-state index contributed by atoms with van der Waals surface area (Å²) >= 11 is 0. The summed E-state index contributed by atoms with van der Waals surface area (Å²) in [7, 11) is 0. The van der Waals surface area contributed by atoms with E-state index in [-0.39, 0.29) is 12.1 Å². The van der Waals surface area contributed by atoms with Crippen LogP contribution in [-0.4, -0.2) is 10.1 Å². The maximum atomic E-state index is 6.10. The van der Waals surface area contributed by atoms with Crippen LogP contribution in [0.5, 0.6) is 0 Å². The maximum absolute atomic E-state index is 6.10. The first kappa shape index (κ1) is 10.4. The minimum Gasteiger partial charge on any atom is -0.343 e. The summed E-state index contributed by atoms with van der Waals surface area (Å²) in [5.74, 6) is 0.669. The highest BCUT2D eigenvalue weighted by Crippen LogP contribution is 2.36. The van der Waals surface area contributed by atoms with Crippen molar-refractivity contribution in [3.63, 3.8) is 0 Å². The van der Waals surface area contributed by atoms with Crippen LogP contribution in [0.1, 0.15) is 35.5 Å². The van der Waals surface area contributed by atoms with Crippen LogP contribution >= 0.6 is 0 Å². The van der Waals surface area contributed by atoms with Gasteiger partial charge in [0.25, 0.3) is 0 Å². The van der Waals surface area contributed by atoms with Gasteiger partial charge in [0.15, 0.2) is 5.82 Å². The van der Waals surface area contributed by atoms with E-state index < -0.39 is 0 Å². The van der Waals surface area contributed by atoms with Gasteiger partial charge in [0.2, 0.25) is 6.39 Å². The van der Waals surface area contributed by atoms with Gasteiger partial charge >= 0.3 is 0 Å². The molecule has 0 saturated heterocycles. The molecule has 2 aromatic rings. The Morgan fingerprint density at radius 1 is 1.35 bits per heavy atom. The van der Waals surface area contributed by atoms with Gasteiger partial charge in [0.1, 0.15) is 0 Å². The molecule has 1 heterocycles. The van der Waals surface area contributed by atoms with Gasteiger partial charge in [-0.2, -0.15) is 4.98 Å². The molecule has 3 rings (SSSR count). The molecule has 1 aliphatic rings. The molecule has 0 amide bonds. The Morgan fingerprint density at radius 2 is 2.18 bits per heavy atom. The molecule has 5 nitrogen and oxygen atoms in total. The molecule has 17 heavy (non-hydrogen) atoms. The van der Waals surface area contributed by atoms with Gasteiger partial charge in [-0.25, -0.2) is 0 Å². The second kappa shape index (κ2) is 4.27. The summed E-state index contributed by atoms with van der Waals surface area (Å²) in [6.45, 7) is 0.599. The lowest BCUT2D eigenvalue weighted by molar-refractivity contribution is 0.402. The summed E-state index contributed by atoms with van der Waals surface area (Å²) in [6.07, 6.45) is 2.25. The molecule has 0 aliphatic heterocycles. The Kier molecular flexibility index (Phi) is 2.62. The van der Waals surface area contributed by atoms with Crippen LogP contribution in [0.15, 0.2) is 35.2 Å². The lowest BCUT2D eigenvalue weighted by atomic mass is 10.1. The van der Waals surface area contributed by atoms with Gasteiger partial charge < -0.3 is 15.6 Å². The first-order valence-electron chi connectivity index (χ1n) is 5.67. The summed E-state index contributed by atoms with van der Waals surface area (Å²) in [6, 6.07) is 8.68. The first-order valence-corrected chi connectivity index (χ1v) is 5.67. The molecule has 0 saturated carbocycles. The van der Waals surface area contributed by atoms with Crippen LogP contribution in [0.25, 0.3) is 0 Å². The molecule has 5 heteroatoms. The number of hydrogen-bond acceptors (Lipinski definition) is 5. The normalized spacial score (nSPS) is 22.6. The largest absolute Gasteiger partial charge is 0.343 e. The third-order valence-corrected chi connectivity index (χ3v) is 3.17. The van der Waals surface area contributed by atoms with E-state index in [2.05, 4.69) is 27.6 Å². The zero-order chi connectivity index (χ0) is 11.7. The maximum Gasteiger partial charge on any atom is 0.213 e. The van der Waals surface area contributed by atoms with Crippen molar-refractivity contribution in [2.75, 3.05) is 0 Å². The van der Waals surface area contributed by atoms with Gasteiger partial charge in [0, 0.05) is 12.1 Å². The van der Waals surface area contributed by atoms with Crippen LogP contribution in [0.3, 0.4) is 0 Å². The third-order valence-electron chi connectivity index (χ3n) is 3.17. The van der Waals surface area contributed by atoms with Crippen molar-refractivity contribution < 1.29 is 4.52 Å². The molecule has 1 aromatic carbocycles. The van der Waals surface area contributed by atoms with Crippen molar-refractivity contribution in [2.45, 2.75) is 25.0 Å². The summed E-state index contributed by atoms with van der Waals surface area (Å²) in [5.41, 5.74) is 8.61. The Morgan fingerprint density at radius 3 is 2.94 bits per heavy atom. The van der Waals surface area contributed by atoms with Gasteiger partial charge in [-0.1, -0.05) is 29.4 Å². The second-order valence-corrected chi connectivity index (χ2v) is 4.25. The zero-order valence-corrected chi connectivity index (χ0v) is 9.34. The molecular formula is C12H14N4O. The number of rotatable bonds is 3. The quantitative estimate of drug-likeness (QED) is 0.831. The van der Waals surface area contributed by atoms with Crippen LogP contribution in [-0.2, 0) is 6.54 Å². The number of nitrogens with zero attached hydrogens (tertiary/aromatic N) is 2. The first-order chi connectivity index (χ1) is 8.34. The van der Waals surface area contributed by atoms with E-state index in [4.69, 9.17) is 10.3 Å². The fourth-order valence-corrected chi connectivity index (χ4v) is 2.35. The average molecular weight is 230 g/mol. The summed E-state index contributed by atoms with van der Waals surface area (Å²) in [4.78, 5) is 3.98. The predicted octanol–water partition coefficient (Wildman–Crippen LogP) is 1.30. The van der Waals surface area contributed by atoms with Crippen molar-refractivity contribution in [1.82, 2.24) is 15.5 Å². The molecule has 1 aromatic heterocycles. The van der Waals surface area contributed by atoms with E-state index in [1.807, 2.05) is 12.1 Å². The minimum atomic E-state index is 0.119. The Balaban J connectivity index is 1.73. The fraction of sp³-hybridized carbons (Fsp3) is 0.333. The smallest absolute Gasteiger partial charge is 0.213 e. The molecule has 88 valence electrons. The molecule has 0 spiro atoms. The topological polar surface area (TPSA) is 77.0 Å². The van der Waals surface area contributed by atoms with E-state index in [1.165, 1.54) is 17.5 Å². The van der Waals surface area contributed by atoms with Crippen molar-refractivity contribution in [3.05, 3.63) is 47.6 Å². The van der Waals surface area contributed by atoms with E-state index in [9.17, 15) is 0 Å². The van der Waals surface area contributed by atoms with E-state index in [0.29, 0.717) is 12.4 Å². The van der Waals surface area contributed by atoms with E-state index in [1.54, 1.807) is 0 Å². The molecule has 0 radical (unpaired) electrons. The van der Waals surface area contributed by atoms with Crippen molar-refractivity contribution >= 4 is 0 Å². The Hall–Kier alpha value is -1.72. The van der Waals surface area contributed by atoms with Crippen molar-refractivity contribution in [1.29, 1.82) is 0 Å². The van der Waals surface area contributed by atoms with Crippen LogP contribution < -0.4 is 11.1 Å². The van der Waals surface area contributed by atoms with Gasteiger partial charge in [-0.15, -0.1) is 0 Å². The molecule has 0 fully saturated rings. The fourth-order valence-electron chi connectivity index (χ4n) is 2.35. The average Bonchev–Trinajstić information content (AvgIpc) is 2.96. The Bertz CT molecular complexity index is 497. The molecule has 3 N–H and O–H groups in total. The zero-order valence-electron chi connectivity index (χ0n) is 9.34. The number of nitrogens with one attached hydrogen (secondary N) is 1. The molecular weight excluding hydrogens is 216 g/mol. The number of nitrogens with two attached hydrogens (primary N) is 1. The summed E-state index contributed by atoms with van der Waals surface area (Å²) < 4.78 is 4.69. The highest BCUT2D eigenvalue weighted by molar-refractivity contribution is 5.37. The second-order valence-electron chi connectivity index (χ2n) is 4.25. The monoisotopic (exact) mass is 230 g/mol. The highest BCUT2D eigenvalue weighted by Gasteiger charge is 2.27. The van der Waals surface area contributed by atoms with Crippen molar-refractivity contribution in [2.24, 2.45) is 5.73 Å². The molecule has 0 bridgehead atoms. The van der Waals surface area contributed by atoms with Crippen molar-refractivity contribution in [3.8, 4) is 0 Å².